The van der Waals surface area contributed by atoms with Gasteiger partial charge in [-0.3, -0.25) is 0 Å². The lowest BCUT2D eigenvalue weighted by atomic mass is 10.1. The number of esters is 1. The molecule has 82 valence electrons. The molecule has 2 rings (SSSR count). The summed E-state index contributed by atoms with van der Waals surface area (Å²) in [7, 11) is 1.30. The standard InChI is InChI=1S/C12H10FNO2/c1-7-5-11(12(15)16-2)14-10-4-3-8(13)6-9(7)10/h3-6H,1-2H3. The molecule has 0 unspecified atom stereocenters. The summed E-state index contributed by atoms with van der Waals surface area (Å²) in [4.78, 5) is 15.4. The summed E-state index contributed by atoms with van der Waals surface area (Å²) < 4.78 is 17.6. The summed E-state index contributed by atoms with van der Waals surface area (Å²) in [6, 6.07) is 5.85. The summed E-state index contributed by atoms with van der Waals surface area (Å²) in [6.45, 7) is 1.80. The first-order chi connectivity index (χ1) is 7.61. The molecule has 0 spiro atoms. The topological polar surface area (TPSA) is 39.2 Å². The van der Waals surface area contributed by atoms with Gasteiger partial charge in [0.1, 0.15) is 11.5 Å². The Labute approximate surface area is 91.9 Å². The van der Waals surface area contributed by atoms with Crippen molar-refractivity contribution in [2.75, 3.05) is 7.11 Å². The third-order valence-electron chi connectivity index (χ3n) is 2.37. The number of nitrogens with zero attached hydrogens (tertiary/aromatic N) is 1. The highest BCUT2D eigenvalue weighted by Gasteiger charge is 2.10. The van der Waals surface area contributed by atoms with E-state index in [-0.39, 0.29) is 11.5 Å². The van der Waals surface area contributed by atoms with E-state index in [1.165, 1.54) is 19.2 Å². The van der Waals surface area contributed by atoms with Gasteiger partial charge < -0.3 is 4.74 Å². The lowest BCUT2D eigenvalue weighted by molar-refractivity contribution is 0.0594. The van der Waals surface area contributed by atoms with Crippen LogP contribution in [-0.4, -0.2) is 18.1 Å². The van der Waals surface area contributed by atoms with Crippen molar-refractivity contribution in [3.63, 3.8) is 0 Å². The second kappa shape index (κ2) is 3.89. The molecule has 0 aliphatic heterocycles. The number of pyridine rings is 1. The van der Waals surface area contributed by atoms with E-state index in [0.717, 1.165) is 5.56 Å². The number of methoxy groups -OCH3 is 1. The molecule has 1 aromatic heterocycles. The third kappa shape index (κ3) is 1.74. The Bertz CT molecular complexity index is 566. The van der Waals surface area contributed by atoms with E-state index in [1.807, 2.05) is 0 Å². The second-order valence-corrected chi connectivity index (χ2v) is 3.48. The van der Waals surface area contributed by atoms with Crippen molar-refractivity contribution in [2.45, 2.75) is 6.92 Å². The van der Waals surface area contributed by atoms with Crippen molar-refractivity contribution in [3.05, 3.63) is 41.3 Å². The third-order valence-corrected chi connectivity index (χ3v) is 2.37. The number of aryl methyl sites for hydroxylation is 1. The minimum absolute atomic E-state index is 0.235. The van der Waals surface area contributed by atoms with Crippen LogP contribution < -0.4 is 0 Å². The molecular formula is C12H10FNO2. The summed E-state index contributed by atoms with van der Waals surface area (Å²) in [5.74, 6) is -0.808. The van der Waals surface area contributed by atoms with Gasteiger partial charge in [-0.25, -0.2) is 14.2 Å². The van der Waals surface area contributed by atoms with Gasteiger partial charge in [0.05, 0.1) is 12.6 Å². The van der Waals surface area contributed by atoms with E-state index in [4.69, 9.17) is 0 Å². The maximum absolute atomic E-state index is 13.0. The predicted molar refractivity (Wildman–Crippen MR) is 57.8 cm³/mol. The van der Waals surface area contributed by atoms with Gasteiger partial charge in [-0.15, -0.1) is 0 Å². The normalized spacial score (nSPS) is 10.4. The lowest BCUT2D eigenvalue weighted by Gasteiger charge is -2.04. The van der Waals surface area contributed by atoms with Crippen molar-refractivity contribution in [1.29, 1.82) is 0 Å². The highest BCUT2D eigenvalue weighted by molar-refractivity contribution is 5.92. The molecule has 0 atom stereocenters. The Hall–Kier alpha value is -1.97. The number of benzene rings is 1. The molecule has 0 fully saturated rings. The van der Waals surface area contributed by atoms with E-state index in [1.54, 1.807) is 19.1 Å². The number of ether oxygens (including phenoxy) is 1. The predicted octanol–water partition coefficient (Wildman–Crippen LogP) is 2.47. The highest BCUT2D eigenvalue weighted by Crippen LogP contribution is 2.19. The number of halogens is 1. The fourth-order valence-electron chi connectivity index (χ4n) is 1.58. The molecule has 0 radical (unpaired) electrons. The van der Waals surface area contributed by atoms with E-state index in [9.17, 15) is 9.18 Å². The molecule has 1 aromatic carbocycles. The number of carbonyl (C=O) groups is 1. The Morgan fingerprint density at radius 2 is 2.12 bits per heavy atom. The SMILES string of the molecule is COC(=O)c1cc(C)c2cc(F)ccc2n1. The summed E-state index contributed by atoms with van der Waals surface area (Å²) in [5, 5.41) is 0.702. The van der Waals surface area contributed by atoms with Crippen LogP contribution in [0.25, 0.3) is 10.9 Å². The number of aromatic nitrogens is 1. The monoisotopic (exact) mass is 219 g/mol. The molecule has 0 N–H and O–H groups in total. The average molecular weight is 219 g/mol. The molecule has 1 heterocycles. The largest absolute Gasteiger partial charge is 0.464 e. The Kier molecular flexibility index (Phi) is 2.56. The van der Waals surface area contributed by atoms with E-state index in [2.05, 4.69) is 9.72 Å². The van der Waals surface area contributed by atoms with Gasteiger partial charge in [0, 0.05) is 5.39 Å². The molecule has 2 aromatic rings. The molecule has 3 nitrogen and oxygen atoms in total. The van der Waals surface area contributed by atoms with Gasteiger partial charge in [0.2, 0.25) is 0 Å². The highest BCUT2D eigenvalue weighted by atomic mass is 19.1. The maximum Gasteiger partial charge on any atom is 0.356 e. The fourth-order valence-corrected chi connectivity index (χ4v) is 1.58. The van der Waals surface area contributed by atoms with Crippen molar-refractivity contribution >= 4 is 16.9 Å². The van der Waals surface area contributed by atoms with Crippen LogP contribution >= 0.6 is 0 Å². The molecule has 0 saturated carbocycles. The van der Waals surface area contributed by atoms with Gasteiger partial charge in [0.15, 0.2) is 0 Å². The molecule has 16 heavy (non-hydrogen) atoms. The van der Waals surface area contributed by atoms with Crippen molar-refractivity contribution in [2.24, 2.45) is 0 Å². The molecule has 0 aliphatic carbocycles. The van der Waals surface area contributed by atoms with Crippen LogP contribution in [0, 0.1) is 12.7 Å². The molecule has 4 heteroatoms. The van der Waals surface area contributed by atoms with Gasteiger partial charge >= 0.3 is 5.97 Å². The van der Waals surface area contributed by atoms with Crippen LogP contribution in [0.1, 0.15) is 16.1 Å². The number of fused-ring (bicyclic) bond motifs is 1. The number of hydrogen-bond acceptors (Lipinski definition) is 3. The van der Waals surface area contributed by atoms with Crippen molar-refractivity contribution in [3.8, 4) is 0 Å². The van der Waals surface area contributed by atoms with Crippen LogP contribution in [0.15, 0.2) is 24.3 Å². The van der Waals surface area contributed by atoms with Gasteiger partial charge in [-0.1, -0.05) is 0 Å². The molecular weight excluding hydrogens is 209 g/mol. The first kappa shape index (κ1) is 10.5. The van der Waals surface area contributed by atoms with Crippen molar-refractivity contribution < 1.29 is 13.9 Å². The first-order valence-electron chi connectivity index (χ1n) is 4.77. The molecule has 0 amide bonds. The zero-order chi connectivity index (χ0) is 11.7. The van der Waals surface area contributed by atoms with E-state index < -0.39 is 5.97 Å². The smallest absolute Gasteiger partial charge is 0.356 e. The minimum Gasteiger partial charge on any atom is -0.464 e. The van der Waals surface area contributed by atoms with Crippen LogP contribution in [0.5, 0.6) is 0 Å². The minimum atomic E-state index is -0.491. The molecule has 0 bridgehead atoms. The van der Waals surface area contributed by atoms with E-state index >= 15 is 0 Å². The Morgan fingerprint density at radius 3 is 2.81 bits per heavy atom. The summed E-state index contributed by atoms with van der Waals surface area (Å²) in [5.41, 5.74) is 1.62. The van der Waals surface area contributed by atoms with Crippen LogP contribution in [0.2, 0.25) is 0 Å². The zero-order valence-corrected chi connectivity index (χ0v) is 8.95. The lowest BCUT2D eigenvalue weighted by Crippen LogP contribution is -2.05. The number of hydrogen-bond donors (Lipinski definition) is 0. The quantitative estimate of drug-likeness (QED) is 0.691. The van der Waals surface area contributed by atoms with Crippen LogP contribution in [0.3, 0.4) is 0 Å². The molecule has 0 saturated heterocycles. The summed E-state index contributed by atoms with van der Waals surface area (Å²) >= 11 is 0. The van der Waals surface area contributed by atoms with Gasteiger partial charge in [-0.2, -0.15) is 0 Å². The second-order valence-electron chi connectivity index (χ2n) is 3.48. The first-order valence-corrected chi connectivity index (χ1v) is 4.77. The fraction of sp³-hybridized carbons (Fsp3) is 0.167. The number of carbonyl (C=O) groups excluding carboxylic acids is 1. The van der Waals surface area contributed by atoms with Gasteiger partial charge in [-0.05, 0) is 36.8 Å². The number of rotatable bonds is 1. The summed E-state index contributed by atoms with van der Waals surface area (Å²) in [6.07, 6.45) is 0. The van der Waals surface area contributed by atoms with Crippen LogP contribution in [-0.2, 0) is 4.74 Å². The maximum atomic E-state index is 13.0. The Morgan fingerprint density at radius 1 is 1.38 bits per heavy atom. The average Bonchev–Trinajstić information content (AvgIpc) is 2.28. The van der Waals surface area contributed by atoms with Crippen LogP contribution in [0.4, 0.5) is 4.39 Å². The van der Waals surface area contributed by atoms with Crippen molar-refractivity contribution in [1.82, 2.24) is 4.98 Å². The van der Waals surface area contributed by atoms with E-state index in [0.29, 0.717) is 10.9 Å². The molecule has 0 aliphatic rings. The zero-order valence-electron chi connectivity index (χ0n) is 8.95. The van der Waals surface area contributed by atoms with Gasteiger partial charge in [0.25, 0.3) is 0 Å². The Balaban J connectivity index is 2.68.